The summed E-state index contributed by atoms with van der Waals surface area (Å²) in [7, 11) is 1.82. The molecule has 20 heavy (non-hydrogen) atoms. The van der Waals surface area contributed by atoms with E-state index in [0.29, 0.717) is 6.54 Å². The minimum absolute atomic E-state index is 0.483. The number of nitrogens with zero attached hydrogens (tertiary/aromatic N) is 1. The number of carbonyl (C=O) groups is 1. The average molecular weight is 269 g/mol. The van der Waals surface area contributed by atoms with Crippen molar-refractivity contribution in [1.82, 2.24) is 4.90 Å². The number of hydrogen-bond donors (Lipinski definition) is 1. The smallest absolute Gasteiger partial charge is 0.320 e. The molecular formula is C17H19NO2. The molecule has 3 nitrogen and oxygen atoms in total. The van der Waals surface area contributed by atoms with Gasteiger partial charge in [-0.25, -0.2) is 0 Å². The van der Waals surface area contributed by atoms with Gasteiger partial charge in [0.2, 0.25) is 0 Å². The highest BCUT2D eigenvalue weighted by molar-refractivity contribution is 5.72. The van der Waals surface area contributed by atoms with E-state index in [4.69, 9.17) is 5.11 Å². The fourth-order valence-electron chi connectivity index (χ4n) is 2.05. The topological polar surface area (TPSA) is 40.5 Å². The Bertz CT molecular complexity index is 563. The van der Waals surface area contributed by atoms with Crippen LogP contribution < -0.4 is 0 Å². The molecule has 0 amide bonds. The monoisotopic (exact) mass is 269 g/mol. The molecule has 0 aliphatic heterocycles. The first-order valence-electron chi connectivity index (χ1n) is 6.65. The lowest BCUT2D eigenvalue weighted by Gasteiger charge is -2.21. The molecular weight excluding hydrogens is 250 g/mol. The third-order valence-electron chi connectivity index (χ3n) is 3.51. The number of aliphatic carboxylic acids is 1. The van der Waals surface area contributed by atoms with Gasteiger partial charge in [0.1, 0.15) is 6.04 Å². The van der Waals surface area contributed by atoms with Gasteiger partial charge in [0, 0.05) is 6.54 Å². The molecule has 0 saturated heterocycles. The maximum atomic E-state index is 10.9. The van der Waals surface area contributed by atoms with Crippen LogP contribution in [-0.2, 0) is 11.3 Å². The lowest BCUT2D eigenvalue weighted by atomic mass is 10.0. The molecule has 2 rings (SSSR count). The molecule has 0 heterocycles. The van der Waals surface area contributed by atoms with Gasteiger partial charge < -0.3 is 5.11 Å². The number of rotatable bonds is 5. The van der Waals surface area contributed by atoms with Crippen LogP contribution in [0.4, 0.5) is 0 Å². The maximum absolute atomic E-state index is 10.9. The van der Waals surface area contributed by atoms with Crippen molar-refractivity contribution in [2.24, 2.45) is 0 Å². The van der Waals surface area contributed by atoms with Crippen molar-refractivity contribution in [2.75, 3.05) is 7.05 Å². The molecule has 2 aromatic rings. The van der Waals surface area contributed by atoms with Gasteiger partial charge in [-0.2, -0.15) is 0 Å². The molecule has 0 aliphatic carbocycles. The second kappa shape index (κ2) is 6.35. The summed E-state index contributed by atoms with van der Waals surface area (Å²) in [5.41, 5.74) is 3.47. The fraction of sp³-hybridized carbons (Fsp3) is 0.235. The van der Waals surface area contributed by atoms with E-state index in [2.05, 4.69) is 24.3 Å². The number of likely N-dealkylation sites (N-methyl/N-ethyl adjacent to an activating group) is 1. The molecule has 0 fully saturated rings. The van der Waals surface area contributed by atoms with Crippen molar-refractivity contribution < 1.29 is 9.90 Å². The van der Waals surface area contributed by atoms with Gasteiger partial charge in [-0.1, -0.05) is 54.6 Å². The van der Waals surface area contributed by atoms with Gasteiger partial charge in [-0.3, -0.25) is 9.69 Å². The Morgan fingerprint density at radius 3 is 2.15 bits per heavy atom. The van der Waals surface area contributed by atoms with Crippen LogP contribution in [0.5, 0.6) is 0 Å². The van der Waals surface area contributed by atoms with E-state index in [-0.39, 0.29) is 0 Å². The minimum atomic E-state index is -0.798. The Kier molecular flexibility index (Phi) is 4.53. The summed E-state index contributed by atoms with van der Waals surface area (Å²) in [6.07, 6.45) is 0. The zero-order chi connectivity index (χ0) is 14.5. The first-order valence-corrected chi connectivity index (χ1v) is 6.65. The second-order valence-corrected chi connectivity index (χ2v) is 4.99. The third-order valence-corrected chi connectivity index (χ3v) is 3.51. The molecule has 0 unspecified atom stereocenters. The number of hydrogen-bond acceptors (Lipinski definition) is 2. The molecule has 0 aliphatic rings. The molecule has 1 atom stereocenters. The van der Waals surface area contributed by atoms with E-state index < -0.39 is 12.0 Å². The average Bonchev–Trinajstić information content (AvgIpc) is 2.48. The highest BCUT2D eigenvalue weighted by Crippen LogP contribution is 2.19. The number of carboxylic acid groups (broad SMARTS) is 1. The lowest BCUT2D eigenvalue weighted by Crippen LogP contribution is -2.35. The van der Waals surface area contributed by atoms with Crippen LogP contribution in [0.15, 0.2) is 54.6 Å². The fourth-order valence-corrected chi connectivity index (χ4v) is 2.05. The Morgan fingerprint density at radius 1 is 1.05 bits per heavy atom. The molecule has 0 spiro atoms. The van der Waals surface area contributed by atoms with Gasteiger partial charge in [0.05, 0.1) is 0 Å². The van der Waals surface area contributed by atoms with Gasteiger partial charge >= 0.3 is 5.97 Å². The first kappa shape index (κ1) is 14.3. The standard InChI is InChI=1S/C17H19NO2/c1-13(17(19)20)18(2)12-14-8-10-16(11-9-14)15-6-4-3-5-7-15/h3-11,13H,12H2,1-2H3,(H,19,20)/t13-/m0/s1. The molecule has 3 heteroatoms. The van der Waals surface area contributed by atoms with Crippen molar-refractivity contribution >= 4 is 5.97 Å². The van der Waals surface area contributed by atoms with Crippen LogP contribution in [-0.4, -0.2) is 29.1 Å². The summed E-state index contributed by atoms with van der Waals surface area (Å²) in [5, 5.41) is 8.98. The van der Waals surface area contributed by atoms with Crippen LogP contribution in [0.2, 0.25) is 0 Å². The Morgan fingerprint density at radius 2 is 1.60 bits per heavy atom. The maximum Gasteiger partial charge on any atom is 0.320 e. The Labute approximate surface area is 119 Å². The predicted octanol–water partition coefficient (Wildman–Crippen LogP) is 3.26. The van der Waals surface area contributed by atoms with E-state index in [1.807, 2.05) is 42.3 Å². The summed E-state index contributed by atoms with van der Waals surface area (Å²) in [6.45, 7) is 2.32. The van der Waals surface area contributed by atoms with Crippen LogP contribution in [0.1, 0.15) is 12.5 Å². The van der Waals surface area contributed by atoms with Crippen LogP contribution in [0.25, 0.3) is 11.1 Å². The van der Waals surface area contributed by atoms with Crippen LogP contribution >= 0.6 is 0 Å². The van der Waals surface area contributed by atoms with E-state index in [9.17, 15) is 4.79 Å². The van der Waals surface area contributed by atoms with Crippen molar-refractivity contribution in [1.29, 1.82) is 0 Å². The van der Waals surface area contributed by atoms with Crippen LogP contribution in [0.3, 0.4) is 0 Å². The van der Waals surface area contributed by atoms with E-state index in [0.717, 1.165) is 5.56 Å². The van der Waals surface area contributed by atoms with Gasteiger partial charge in [-0.15, -0.1) is 0 Å². The van der Waals surface area contributed by atoms with Gasteiger partial charge in [0.25, 0.3) is 0 Å². The van der Waals surface area contributed by atoms with Crippen molar-refractivity contribution in [3.05, 3.63) is 60.2 Å². The molecule has 0 bridgehead atoms. The Balaban J connectivity index is 2.07. The minimum Gasteiger partial charge on any atom is -0.480 e. The van der Waals surface area contributed by atoms with Crippen molar-refractivity contribution in [2.45, 2.75) is 19.5 Å². The normalized spacial score (nSPS) is 12.3. The second-order valence-electron chi connectivity index (χ2n) is 4.99. The third kappa shape index (κ3) is 3.45. The van der Waals surface area contributed by atoms with E-state index in [1.54, 1.807) is 6.92 Å². The highest BCUT2D eigenvalue weighted by Gasteiger charge is 2.16. The summed E-state index contributed by atoms with van der Waals surface area (Å²) >= 11 is 0. The first-order chi connectivity index (χ1) is 9.58. The number of benzene rings is 2. The van der Waals surface area contributed by atoms with Gasteiger partial charge in [-0.05, 0) is 30.7 Å². The quantitative estimate of drug-likeness (QED) is 0.905. The molecule has 0 saturated carbocycles. The predicted molar refractivity (Wildman–Crippen MR) is 80.4 cm³/mol. The number of carboxylic acids is 1. The molecule has 1 N–H and O–H groups in total. The molecule has 0 radical (unpaired) electrons. The summed E-state index contributed by atoms with van der Waals surface area (Å²) in [4.78, 5) is 12.7. The van der Waals surface area contributed by atoms with Crippen molar-refractivity contribution in [3.63, 3.8) is 0 Å². The zero-order valence-electron chi connectivity index (χ0n) is 11.8. The molecule has 104 valence electrons. The summed E-state index contributed by atoms with van der Waals surface area (Å²) in [5.74, 6) is -0.798. The lowest BCUT2D eigenvalue weighted by molar-refractivity contribution is -0.142. The van der Waals surface area contributed by atoms with Gasteiger partial charge in [0.15, 0.2) is 0 Å². The highest BCUT2D eigenvalue weighted by atomic mass is 16.4. The summed E-state index contributed by atoms with van der Waals surface area (Å²) < 4.78 is 0. The summed E-state index contributed by atoms with van der Waals surface area (Å²) in [6, 6.07) is 18.0. The van der Waals surface area contributed by atoms with E-state index in [1.165, 1.54) is 11.1 Å². The Hall–Kier alpha value is -2.13. The zero-order valence-corrected chi connectivity index (χ0v) is 11.8. The SMILES string of the molecule is C[C@@H](C(=O)O)N(C)Cc1ccc(-c2ccccc2)cc1. The molecule has 2 aromatic carbocycles. The van der Waals surface area contributed by atoms with Crippen molar-refractivity contribution in [3.8, 4) is 11.1 Å². The molecule has 0 aromatic heterocycles. The van der Waals surface area contributed by atoms with Crippen LogP contribution in [0, 0.1) is 0 Å². The largest absolute Gasteiger partial charge is 0.480 e. The van der Waals surface area contributed by atoms with E-state index >= 15 is 0 Å².